The Morgan fingerprint density at radius 3 is 2.09 bits per heavy atom. The average molecular weight is 666 g/mol. The zero-order valence-corrected chi connectivity index (χ0v) is 28.0. The standard InChI is InChI=1S/C21H22ClNO4.C14H18N2O4/c1-25-19-8-5-16(13-20(19)26-2)18(15-3-6-17(22)7-4-15)14-21(24)23-9-11-27-12-10-23;1-10-5-4-6-11(2)13(10)16(12(17)9-19-3)15-7-8-20-14(15)18/h3-8,13-14H,9-12H2,1-2H3;4-6H,7-9H2,1-3H3/b18-14+;. The first-order chi connectivity index (χ1) is 22.7. The molecule has 2 saturated heterocycles. The molecule has 0 spiro atoms. The molecule has 0 N–H and O–H groups in total. The maximum absolute atomic E-state index is 12.8. The van der Waals surface area contributed by atoms with E-state index >= 15 is 0 Å². The number of carbonyl (C=O) groups is 3. The molecule has 3 aromatic carbocycles. The Morgan fingerprint density at radius 1 is 0.872 bits per heavy atom. The van der Waals surface area contributed by atoms with Gasteiger partial charge in [0.1, 0.15) is 13.2 Å². The number of benzene rings is 3. The predicted octanol–water partition coefficient (Wildman–Crippen LogP) is 5.30. The summed E-state index contributed by atoms with van der Waals surface area (Å²) in [5, 5.41) is 3.32. The van der Waals surface area contributed by atoms with Gasteiger partial charge in [-0.1, -0.05) is 48.0 Å². The fourth-order valence-electron chi connectivity index (χ4n) is 5.24. The van der Waals surface area contributed by atoms with Gasteiger partial charge >= 0.3 is 6.09 Å². The van der Waals surface area contributed by atoms with Crippen LogP contribution in [0.15, 0.2) is 66.7 Å². The first kappa shape index (κ1) is 35.3. The summed E-state index contributed by atoms with van der Waals surface area (Å²) in [6, 6.07) is 18.7. The molecule has 0 aliphatic carbocycles. The third-order valence-electron chi connectivity index (χ3n) is 7.58. The number of amides is 3. The second-order valence-corrected chi connectivity index (χ2v) is 11.1. The van der Waals surface area contributed by atoms with Gasteiger partial charge in [0.25, 0.3) is 5.91 Å². The molecule has 3 aromatic rings. The van der Waals surface area contributed by atoms with Crippen molar-refractivity contribution in [3.8, 4) is 11.5 Å². The Hall–Kier alpha value is -4.58. The van der Waals surface area contributed by atoms with E-state index in [1.165, 1.54) is 17.1 Å². The molecular formula is C35H40ClN3O8. The van der Waals surface area contributed by atoms with Gasteiger partial charge in [0.2, 0.25) is 5.91 Å². The van der Waals surface area contributed by atoms with Gasteiger partial charge in [0.15, 0.2) is 11.5 Å². The minimum Gasteiger partial charge on any atom is -0.493 e. The van der Waals surface area contributed by atoms with Crippen LogP contribution in [0.25, 0.3) is 5.57 Å². The molecule has 5 rings (SSSR count). The number of rotatable bonds is 9. The molecule has 2 aliphatic heterocycles. The van der Waals surface area contributed by atoms with E-state index in [0.29, 0.717) is 55.1 Å². The molecule has 2 aliphatic rings. The Labute approximate surface area is 280 Å². The van der Waals surface area contributed by atoms with Crippen LogP contribution >= 0.6 is 11.6 Å². The normalized spacial score (nSPS) is 14.6. The Morgan fingerprint density at radius 2 is 1.51 bits per heavy atom. The van der Waals surface area contributed by atoms with Gasteiger partial charge in [-0.3, -0.25) is 9.59 Å². The maximum atomic E-state index is 12.8. The van der Waals surface area contributed by atoms with Crippen molar-refractivity contribution in [2.24, 2.45) is 0 Å². The highest BCUT2D eigenvalue weighted by atomic mass is 35.5. The van der Waals surface area contributed by atoms with Crippen molar-refractivity contribution in [1.29, 1.82) is 0 Å². The first-order valence-electron chi connectivity index (χ1n) is 15.1. The van der Waals surface area contributed by atoms with Gasteiger partial charge in [-0.05, 0) is 65.9 Å². The van der Waals surface area contributed by atoms with Gasteiger partial charge in [-0.2, -0.15) is 0 Å². The molecule has 3 amide bonds. The Bertz CT molecular complexity index is 1570. The van der Waals surface area contributed by atoms with Crippen LogP contribution in [0.1, 0.15) is 22.3 Å². The number of halogens is 1. The van der Waals surface area contributed by atoms with Crippen LogP contribution in [0, 0.1) is 13.8 Å². The number of cyclic esters (lactones) is 1. The smallest absolute Gasteiger partial charge is 0.429 e. The average Bonchev–Trinajstić information content (AvgIpc) is 3.51. The zero-order chi connectivity index (χ0) is 33.9. The second kappa shape index (κ2) is 16.8. The Balaban J connectivity index is 0.000000223. The topological polar surface area (TPSA) is 107 Å². The fourth-order valence-corrected chi connectivity index (χ4v) is 5.36. The number of morpholine rings is 1. The number of hydrogen-bond donors (Lipinski definition) is 0. The number of aryl methyl sites for hydroxylation is 2. The van der Waals surface area contributed by atoms with Gasteiger partial charge < -0.3 is 28.6 Å². The van der Waals surface area contributed by atoms with E-state index in [-0.39, 0.29) is 25.0 Å². The number of anilines is 1. The monoisotopic (exact) mass is 665 g/mol. The van der Waals surface area contributed by atoms with E-state index in [9.17, 15) is 14.4 Å². The van der Waals surface area contributed by atoms with Crippen molar-refractivity contribution in [2.45, 2.75) is 13.8 Å². The minimum atomic E-state index is -0.517. The third kappa shape index (κ3) is 8.82. The number of carbonyl (C=O) groups excluding carboxylic acids is 3. The summed E-state index contributed by atoms with van der Waals surface area (Å²) >= 11 is 6.03. The van der Waals surface area contributed by atoms with Gasteiger partial charge in [-0.25, -0.2) is 14.8 Å². The quantitative estimate of drug-likeness (QED) is 0.284. The molecule has 0 saturated carbocycles. The SMILES string of the molecule is COCC(=O)N(c1c(C)cccc1C)N1CCOC1=O.COc1ccc(/C(=C/C(=O)N2CCOCC2)c2ccc(Cl)cc2)cc1OC. The highest BCUT2D eigenvalue weighted by molar-refractivity contribution is 6.30. The number of hydrogen-bond acceptors (Lipinski definition) is 8. The van der Waals surface area contributed by atoms with E-state index in [1.807, 2.05) is 74.5 Å². The molecule has 0 aromatic heterocycles. The van der Waals surface area contributed by atoms with Crippen molar-refractivity contribution >= 4 is 40.8 Å². The summed E-state index contributed by atoms with van der Waals surface area (Å²) in [6.07, 6.45) is 1.15. The van der Waals surface area contributed by atoms with Crippen LogP contribution < -0.4 is 14.5 Å². The first-order valence-corrected chi connectivity index (χ1v) is 15.4. The lowest BCUT2D eigenvalue weighted by molar-refractivity contribution is -0.130. The summed E-state index contributed by atoms with van der Waals surface area (Å²) in [6.45, 7) is 6.64. The van der Waals surface area contributed by atoms with Gasteiger partial charge in [0.05, 0.1) is 39.7 Å². The van der Waals surface area contributed by atoms with Crippen LogP contribution in [-0.4, -0.2) is 95.2 Å². The number of methoxy groups -OCH3 is 3. The largest absolute Gasteiger partial charge is 0.493 e. The van der Waals surface area contributed by atoms with Crippen LogP contribution in [0.3, 0.4) is 0 Å². The van der Waals surface area contributed by atoms with Crippen molar-refractivity contribution < 1.29 is 38.1 Å². The van der Waals surface area contributed by atoms with E-state index < -0.39 is 6.09 Å². The van der Waals surface area contributed by atoms with Crippen molar-refractivity contribution in [1.82, 2.24) is 9.91 Å². The van der Waals surface area contributed by atoms with E-state index in [2.05, 4.69) is 0 Å². The number of ether oxygens (including phenoxy) is 5. The molecule has 2 heterocycles. The maximum Gasteiger partial charge on any atom is 0.429 e. The van der Waals surface area contributed by atoms with Crippen molar-refractivity contribution in [3.05, 3.63) is 94.0 Å². The molecule has 0 unspecified atom stereocenters. The van der Waals surface area contributed by atoms with Crippen LogP contribution in [0.4, 0.5) is 10.5 Å². The Kier molecular flexibility index (Phi) is 12.6. The summed E-state index contributed by atoms with van der Waals surface area (Å²) in [4.78, 5) is 38.7. The summed E-state index contributed by atoms with van der Waals surface area (Å²) in [5.74, 6) is 0.895. The van der Waals surface area contributed by atoms with Gasteiger partial charge in [0, 0.05) is 31.3 Å². The minimum absolute atomic E-state index is 0.0435. The number of para-hydroxylation sites is 1. The van der Waals surface area contributed by atoms with Crippen LogP contribution in [0.5, 0.6) is 11.5 Å². The zero-order valence-electron chi connectivity index (χ0n) is 27.3. The van der Waals surface area contributed by atoms with Crippen LogP contribution in [-0.2, 0) is 23.8 Å². The molecule has 2 fully saturated rings. The molecular weight excluding hydrogens is 626 g/mol. The highest BCUT2D eigenvalue weighted by Gasteiger charge is 2.34. The molecule has 47 heavy (non-hydrogen) atoms. The summed E-state index contributed by atoms with van der Waals surface area (Å²) < 4.78 is 25.9. The fraction of sp³-hybridized carbons (Fsp3) is 0.343. The molecule has 250 valence electrons. The van der Waals surface area contributed by atoms with E-state index in [1.54, 1.807) is 25.2 Å². The van der Waals surface area contributed by atoms with E-state index in [0.717, 1.165) is 27.8 Å². The highest BCUT2D eigenvalue weighted by Crippen LogP contribution is 2.33. The lowest BCUT2D eigenvalue weighted by atomic mass is 9.96. The lowest BCUT2D eigenvalue weighted by Crippen LogP contribution is -2.49. The number of hydrazine groups is 1. The lowest BCUT2D eigenvalue weighted by Gasteiger charge is -2.31. The molecule has 0 bridgehead atoms. The molecule has 12 heteroatoms. The predicted molar refractivity (Wildman–Crippen MR) is 179 cm³/mol. The molecule has 0 radical (unpaired) electrons. The van der Waals surface area contributed by atoms with Crippen molar-refractivity contribution in [3.63, 3.8) is 0 Å². The third-order valence-corrected chi connectivity index (χ3v) is 7.83. The van der Waals surface area contributed by atoms with Crippen molar-refractivity contribution in [2.75, 3.05) is 72.4 Å². The molecule has 0 atom stereocenters. The summed E-state index contributed by atoms with van der Waals surface area (Å²) in [7, 11) is 4.63. The van der Waals surface area contributed by atoms with Gasteiger partial charge in [-0.15, -0.1) is 0 Å². The van der Waals surface area contributed by atoms with E-state index in [4.69, 9.17) is 35.3 Å². The number of nitrogens with zero attached hydrogens (tertiary/aromatic N) is 3. The van der Waals surface area contributed by atoms with Crippen LogP contribution in [0.2, 0.25) is 5.02 Å². The molecule has 11 nitrogen and oxygen atoms in total. The summed E-state index contributed by atoms with van der Waals surface area (Å²) in [5.41, 5.74) is 5.07. The second-order valence-electron chi connectivity index (χ2n) is 10.7.